The number of hydrogen-bond donors (Lipinski definition) is 0. The summed E-state index contributed by atoms with van der Waals surface area (Å²) in [6.45, 7) is 4.02. The Morgan fingerprint density at radius 3 is 2.32 bits per heavy atom. The first-order chi connectivity index (χ1) is 16.7. The van der Waals surface area contributed by atoms with Gasteiger partial charge in [0.25, 0.3) is 5.91 Å². The summed E-state index contributed by atoms with van der Waals surface area (Å²) in [5.41, 5.74) is 2.54. The minimum atomic E-state index is -0.0772. The summed E-state index contributed by atoms with van der Waals surface area (Å²) in [6, 6.07) is 26.3. The van der Waals surface area contributed by atoms with Crippen molar-refractivity contribution < 1.29 is 13.9 Å². The predicted molar refractivity (Wildman–Crippen MR) is 132 cm³/mol. The summed E-state index contributed by atoms with van der Waals surface area (Å²) < 4.78 is 11.6. The van der Waals surface area contributed by atoms with Gasteiger partial charge in [-0.3, -0.25) is 14.5 Å². The Labute approximate surface area is 198 Å². The van der Waals surface area contributed by atoms with Crippen LogP contribution in [0.15, 0.2) is 94.1 Å². The van der Waals surface area contributed by atoms with Gasteiger partial charge in [-0.2, -0.15) is 0 Å². The number of carbonyl (C=O) groups excluding carboxylic acids is 1. The average Bonchev–Trinajstić information content (AvgIpc) is 2.88. The molecular weight excluding hydrogens is 428 g/mol. The Morgan fingerprint density at radius 2 is 1.56 bits per heavy atom. The van der Waals surface area contributed by atoms with Crippen molar-refractivity contribution in [2.75, 3.05) is 32.8 Å². The monoisotopic (exact) mass is 454 g/mol. The first-order valence-electron chi connectivity index (χ1n) is 11.5. The molecule has 4 aromatic rings. The molecule has 5 rings (SSSR count). The summed E-state index contributed by atoms with van der Waals surface area (Å²) in [4.78, 5) is 29.2. The van der Waals surface area contributed by atoms with Crippen LogP contribution < -0.4 is 10.2 Å². The second-order valence-corrected chi connectivity index (χ2v) is 8.43. The topological polar surface area (TPSA) is 63.0 Å². The summed E-state index contributed by atoms with van der Waals surface area (Å²) in [6.07, 6.45) is 0. The molecule has 1 aliphatic heterocycles. The smallest absolute Gasteiger partial charge is 0.260 e. The number of fused-ring (bicyclic) bond motifs is 1. The average molecular weight is 455 g/mol. The molecular formula is C28H26N2O4. The van der Waals surface area contributed by atoms with Crippen molar-refractivity contribution in [3.63, 3.8) is 0 Å². The Hall–Kier alpha value is -3.90. The minimum absolute atomic E-state index is 0.00307. The fourth-order valence-electron chi connectivity index (χ4n) is 4.19. The highest BCUT2D eigenvalue weighted by atomic mass is 16.5. The molecule has 34 heavy (non-hydrogen) atoms. The highest BCUT2D eigenvalue weighted by Gasteiger charge is 2.21. The van der Waals surface area contributed by atoms with Gasteiger partial charge in [-0.15, -0.1) is 0 Å². The van der Waals surface area contributed by atoms with E-state index in [0.29, 0.717) is 35.6 Å². The van der Waals surface area contributed by atoms with Crippen LogP contribution in [-0.4, -0.2) is 48.5 Å². The van der Waals surface area contributed by atoms with Gasteiger partial charge >= 0.3 is 0 Å². The molecule has 0 atom stereocenters. The number of hydrogen-bond acceptors (Lipinski definition) is 5. The van der Waals surface area contributed by atoms with Gasteiger partial charge in [0.1, 0.15) is 17.1 Å². The molecule has 0 bridgehead atoms. The van der Waals surface area contributed by atoms with Gasteiger partial charge in [-0.05, 0) is 42.0 Å². The van der Waals surface area contributed by atoms with E-state index in [-0.39, 0.29) is 17.9 Å². The van der Waals surface area contributed by atoms with Crippen LogP contribution >= 0.6 is 0 Å². The maximum atomic E-state index is 12.6. The lowest BCUT2D eigenvalue weighted by molar-refractivity contribution is -0.135. The molecule has 172 valence electrons. The Balaban J connectivity index is 1.14. The Morgan fingerprint density at radius 1 is 0.853 bits per heavy atom. The molecule has 0 N–H and O–H groups in total. The quantitative estimate of drug-likeness (QED) is 0.437. The van der Waals surface area contributed by atoms with Crippen molar-refractivity contribution >= 4 is 16.9 Å². The molecule has 1 saturated heterocycles. The van der Waals surface area contributed by atoms with Crippen molar-refractivity contribution in [2.45, 2.75) is 6.54 Å². The Kier molecular flexibility index (Phi) is 6.40. The second-order valence-electron chi connectivity index (χ2n) is 8.43. The van der Waals surface area contributed by atoms with Crippen LogP contribution in [0.2, 0.25) is 0 Å². The van der Waals surface area contributed by atoms with E-state index in [2.05, 4.69) is 29.2 Å². The zero-order chi connectivity index (χ0) is 23.3. The molecule has 0 radical (unpaired) electrons. The van der Waals surface area contributed by atoms with Crippen LogP contribution in [0.25, 0.3) is 22.3 Å². The number of ether oxygens (including phenoxy) is 1. The number of amides is 1. The van der Waals surface area contributed by atoms with Crippen LogP contribution in [0, 0.1) is 0 Å². The number of carbonyl (C=O) groups is 1. The summed E-state index contributed by atoms with van der Waals surface area (Å²) >= 11 is 0. The van der Waals surface area contributed by atoms with Gasteiger partial charge in [0.05, 0.1) is 5.39 Å². The van der Waals surface area contributed by atoms with E-state index >= 15 is 0 Å². The number of benzene rings is 3. The van der Waals surface area contributed by atoms with Crippen LogP contribution in [0.4, 0.5) is 0 Å². The Bertz CT molecular complexity index is 1320. The summed E-state index contributed by atoms with van der Waals surface area (Å²) in [5.74, 6) is 1.09. The van der Waals surface area contributed by atoms with Crippen LogP contribution in [0.5, 0.6) is 5.75 Å². The van der Waals surface area contributed by atoms with Gasteiger partial charge in [-0.1, -0.05) is 42.5 Å². The van der Waals surface area contributed by atoms with Crippen molar-refractivity contribution in [2.24, 2.45) is 0 Å². The highest BCUT2D eigenvalue weighted by molar-refractivity contribution is 5.79. The molecule has 0 saturated carbocycles. The van der Waals surface area contributed by atoms with E-state index < -0.39 is 0 Å². The maximum Gasteiger partial charge on any atom is 0.260 e. The third kappa shape index (κ3) is 5.02. The number of piperazine rings is 1. The third-order valence-corrected chi connectivity index (χ3v) is 6.11. The van der Waals surface area contributed by atoms with E-state index in [1.807, 2.05) is 35.2 Å². The molecule has 6 heteroatoms. The van der Waals surface area contributed by atoms with E-state index in [9.17, 15) is 9.59 Å². The highest BCUT2D eigenvalue weighted by Crippen LogP contribution is 2.24. The largest absolute Gasteiger partial charge is 0.484 e. The maximum absolute atomic E-state index is 12.6. The number of nitrogens with zero attached hydrogens (tertiary/aromatic N) is 2. The molecule has 1 fully saturated rings. The van der Waals surface area contributed by atoms with Crippen molar-refractivity contribution in [3.05, 3.63) is 101 Å². The fourth-order valence-corrected chi connectivity index (χ4v) is 4.19. The zero-order valence-electron chi connectivity index (χ0n) is 18.9. The second kappa shape index (κ2) is 9.93. The van der Waals surface area contributed by atoms with Gasteiger partial charge in [0.2, 0.25) is 0 Å². The van der Waals surface area contributed by atoms with Gasteiger partial charge in [0, 0.05) is 44.4 Å². The number of rotatable bonds is 6. The lowest BCUT2D eigenvalue weighted by atomic mass is 10.1. The van der Waals surface area contributed by atoms with E-state index in [1.54, 1.807) is 24.3 Å². The lowest BCUT2D eigenvalue weighted by Crippen LogP contribution is -2.49. The van der Waals surface area contributed by atoms with E-state index in [1.165, 1.54) is 11.6 Å². The molecule has 1 aromatic heterocycles. The predicted octanol–water partition coefficient (Wildman–Crippen LogP) is 4.18. The van der Waals surface area contributed by atoms with Crippen molar-refractivity contribution in [3.8, 4) is 17.1 Å². The van der Waals surface area contributed by atoms with Crippen molar-refractivity contribution in [1.82, 2.24) is 9.80 Å². The standard InChI is InChI=1S/C28H26N2O4/c31-25-18-27(34-26-9-5-4-8-24(25)26)22-10-12-23(13-11-22)33-20-28(32)30-16-14-29(15-17-30)19-21-6-2-1-3-7-21/h1-13,18H,14-17,19-20H2. The van der Waals surface area contributed by atoms with Gasteiger partial charge in [-0.25, -0.2) is 0 Å². The molecule has 1 amide bonds. The fraction of sp³-hybridized carbons (Fsp3) is 0.214. The zero-order valence-corrected chi connectivity index (χ0v) is 18.9. The van der Waals surface area contributed by atoms with Gasteiger partial charge in [0.15, 0.2) is 12.0 Å². The molecule has 0 spiro atoms. The van der Waals surface area contributed by atoms with E-state index in [0.717, 1.165) is 25.2 Å². The lowest BCUT2D eigenvalue weighted by Gasteiger charge is -2.34. The summed E-state index contributed by atoms with van der Waals surface area (Å²) in [7, 11) is 0. The van der Waals surface area contributed by atoms with Crippen LogP contribution in [-0.2, 0) is 11.3 Å². The van der Waals surface area contributed by atoms with Gasteiger partial charge < -0.3 is 14.1 Å². The molecule has 6 nitrogen and oxygen atoms in total. The number of para-hydroxylation sites is 1. The van der Waals surface area contributed by atoms with E-state index in [4.69, 9.17) is 9.15 Å². The first-order valence-corrected chi connectivity index (χ1v) is 11.5. The normalized spacial score (nSPS) is 14.3. The summed E-state index contributed by atoms with van der Waals surface area (Å²) in [5, 5.41) is 0.561. The first kappa shape index (κ1) is 21.9. The molecule has 2 heterocycles. The van der Waals surface area contributed by atoms with Crippen LogP contribution in [0.1, 0.15) is 5.56 Å². The molecule has 0 aliphatic carbocycles. The minimum Gasteiger partial charge on any atom is -0.484 e. The molecule has 3 aromatic carbocycles. The third-order valence-electron chi connectivity index (χ3n) is 6.11. The SMILES string of the molecule is O=C(COc1ccc(-c2cc(=O)c3ccccc3o2)cc1)N1CCN(Cc2ccccc2)CC1. The molecule has 1 aliphatic rings. The van der Waals surface area contributed by atoms with Crippen LogP contribution in [0.3, 0.4) is 0 Å². The van der Waals surface area contributed by atoms with Crippen molar-refractivity contribution in [1.29, 1.82) is 0 Å². The molecule has 0 unspecified atom stereocenters.